The molecule has 0 aromatic heterocycles. The summed E-state index contributed by atoms with van der Waals surface area (Å²) in [7, 11) is 0. The average molecular weight is 389 g/mol. The number of carbonyl (C=O) groups excluding carboxylic acids is 2. The van der Waals surface area contributed by atoms with Crippen molar-refractivity contribution in [3.63, 3.8) is 0 Å². The number of carbonyl (C=O) groups is 3. The quantitative estimate of drug-likeness (QED) is 0.645. The van der Waals surface area contributed by atoms with Gasteiger partial charge < -0.3 is 15.3 Å². The molecule has 2 unspecified atom stereocenters. The van der Waals surface area contributed by atoms with Crippen molar-refractivity contribution in [3.05, 3.63) is 35.9 Å². The van der Waals surface area contributed by atoms with Gasteiger partial charge in [0, 0.05) is 25.4 Å². The molecule has 0 radical (unpaired) electrons. The summed E-state index contributed by atoms with van der Waals surface area (Å²) in [5, 5.41) is 12.1. The van der Waals surface area contributed by atoms with E-state index in [0.717, 1.165) is 18.4 Å². The summed E-state index contributed by atoms with van der Waals surface area (Å²) in [6.07, 6.45) is 3.82. The van der Waals surface area contributed by atoms with E-state index in [1.807, 2.05) is 44.2 Å². The third-order valence-corrected chi connectivity index (χ3v) is 5.11. The number of amides is 2. The fourth-order valence-electron chi connectivity index (χ4n) is 3.70. The van der Waals surface area contributed by atoms with E-state index < -0.39 is 12.0 Å². The Balaban J connectivity index is 2.11. The van der Waals surface area contributed by atoms with Crippen LogP contribution >= 0.6 is 0 Å². The number of rotatable bonds is 10. The molecular weight excluding hydrogens is 356 g/mol. The molecule has 1 aliphatic heterocycles. The van der Waals surface area contributed by atoms with Crippen molar-refractivity contribution in [1.29, 1.82) is 0 Å². The van der Waals surface area contributed by atoms with E-state index in [9.17, 15) is 14.4 Å². The molecule has 2 rings (SSSR count). The number of nitrogens with one attached hydrogen (secondary N) is 1. The lowest BCUT2D eigenvalue weighted by molar-refractivity contribution is -0.143. The van der Waals surface area contributed by atoms with E-state index in [1.54, 1.807) is 4.90 Å². The molecule has 1 aromatic rings. The lowest BCUT2D eigenvalue weighted by Gasteiger charge is -2.35. The molecule has 2 atom stereocenters. The first kappa shape index (κ1) is 21.9. The van der Waals surface area contributed by atoms with Crippen LogP contribution in [0.2, 0.25) is 0 Å². The first-order valence-corrected chi connectivity index (χ1v) is 10.2. The summed E-state index contributed by atoms with van der Waals surface area (Å²) in [6.45, 7) is 4.70. The second kappa shape index (κ2) is 10.8. The second-order valence-electron chi connectivity index (χ2n) is 8.02. The Morgan fingerprint density at radius 1 is 1.18 bits per heavy atom. The van der Waals surface area contributed by atoms with Crippen molar-refractivity contribution in [1.82, 2.24) is 10.2 Å². The van der Waals surface area contributed by atoms with Gasteiger partial charge in [-0.2, -0.15) is 0 Å². The number of piperidine rings is 1. The summed E-state index contributed by atoms with van der Waals surface area (Å²) < 4.78 is 0. The summed E-state index contributed by atoms with van der Waals surface area (Å²) in [5.41, 5.74) is 1.05. The van der Waals surface area contributed by atoms with E-state index in [1.165, 1.54) is 0 Å². The molecular formula is C22H32N2O4. The lowest BCUT2D eigenvalue weighted by atomic mass is 9.97. The second-order valence-corrected chi connectivity index (χ2v) is 8.02. The number of benzene rings is 1. The van der Waals surface area contributed by atoms with Crippen molar-refractivity contribution < 1.29 is 19.5 Å². The maximum atomic E-state index is 13.1. The first-order valence-electron chi connectivity index (χ1n) is 10.2. The van der Waals surface area contributed by atoms with Crippen LogP contribution in [0.3, 0.4) is 0 Å². The van der Waals surface area contributed by atoms with E-state index in [0.29, 0.717) is 32.2 Å². The number of aliphatic carboxylic acids is 1. The van der Waals surface area contributed by atoms with Crippen molar-refractivity contribution in [2.24, 2.45) is 5.92 Å². The van der Waals surface area contributed by atoms with Crippen LogP contribution in [0.15, 0.2) is 30.3 Å². The van der Waals surface area contributed by atoms with Crippen LogP contribution in [0.25, 0.3) is 0 Å². The highest BCUT2D eigenvalue weighted by Crippen LogP contribution is 2.20. The molecule has 1 saturated heterocycles. The molecule has 6 nitrogen and oxygen atoms in total. The minimum absolute atomic E-state index is 0.00469. The van der Waals surface area contributed by atoms with Crippen LogP contribution in [0.5, 0.6) is 0 Å². The van der Waals surface area contributed by atoms with Crippen molar-refractivity contribution in [2.75, 3.05) is 6.54 Å². The van der Waals surface area contributed by atoms with Crippen LogP contribution in [0.1, 0.15) is 57.9 Å². The zero-order valence-corrected chi connectivity index (χ0v) is 16.9. The SMILES string of the molecule is CC(C)CC(C(=O)NC(CCC(=O)O)Cc1ccccc1)N1CCCCC1=O. The molecule has 0 spiro atoms. The van der Waals surface area contributed by atoms with E-state index >= 15 is 0 Å². The van der Waals surface area contributed by atoms with Gasteiger partial charge in [-0.25, -0.2) is 0 Å². The molecule has 1 aliphatic rings. The zero-order valence-electron chi connectivity index (χ0n) is 16.9. The minimum Gasteiger partial charge on any atom is -0.481 e. The maximum absolute atomic E-state index is 13.1. The monoisotopic (exact) mass is 388 g/mol. The van der Waals surface area contributed by atoms with Gasteiger partial charge in [0.25, 0.3) is 0 Å². The Labute approximate surface area is 167 Å². The first-order chi connectivity index (χ1) is 13.4. The van der Waals surface area contributed by atoms with E-state index in [4.69, 9.17) is 5.11 Å². The molecule has 154 valence electrons. The summed E-state index contributed by atoms with van der Waals surface area (Å²) >= 11 is 0. The van der Waals surface area contributed by atoms with Gasteiger partial charge in [0.2, 0.25) is 11.8 Å². The summed E-state index contributed by atoms with van der Waals surface area (Å²) in [6, 6.07) is 8.96. The fraction of sp³-hybridized carbons (Fsp3) is 0.591. The number of nitrogens with zero attached hydrogens (tertiary/aromatic N) is 1. The van der Waals surface area contributed by atoms with Gasteiger partial charge in [-0.15, -0.1) is 0 Å². The van der Waals surface area contributed by atoms with E-state index in [-0.39, 0.29) is 30.2 Å². The van der Waals surface area contributed by atoms with Crippen molar-refractivity contribution in [2.45, 2.75) is 70.9 Å². The highest BCUT2D eigenvalue weighted by molar-refractivity contribution is 5.88. The molecule has 0 saturated carbocycles. The highest BCUT2D eigenvalue weighted by Gasteiger charge is 2.32. The lowest BCUT2D eigenvalue weighted by Crippen LogP contribution is -2.54. The van der Waals surface area contributed by atoms with Gasteiger partial charge in [0.1, 0.15) is 6.04 Å². The van der Waals surface area contributed by atoms with Gasteiger partial charge >= 0.3 is 5.97 Å². The third kappa shape index (κ3) is 6.98. The van der Waals surface area contributed by atoms with Crippen LogP contribution in [0, 0.1) is 5.92 Å². The van der Waals surface area contributed by atoms with Crippen LogP contribution in [0.4, 0.5) is 0 Å². The van der Waals surface area contributed by atoms with E-state index in [2.05, 4.69) is 5.32 Å². The van der Waals surface area contributed by atoms with Gasteiger partial charge in [-0.05, 0) is 43.6 Å². The standard InChI is InChI=1S/C22H32N2O4/c1-16(2)14-19(24-13-7-6-10-20(24)25)22(28)23-18(11-12-21(26)27)15-17-8-4-3-5-9-17/h3-5,8-9,16,18-19H,6-7,10-15H2,1-2H3,(H,23,28)(H,26,27). The normalized spacial score (nSPS) is 16.7. The largest absolute Gasteiger partial charge is 0.481 e. The predicted octanol–water partition coefficient (Wildman–Crippen LogP) is 3.01. The fourth-order valence-corrected chi connectivity index (χ4v) is 3.70. The topological polar surface area (TPSA) is 86.7 Å². The maximum Gasteiger partial charge on any atom is 0.303 e. The Morgan fingerprint density at radius 3 is 2.50 bits per heavy atom. The number of carboxylic acid groups (broad SMARTS) is 1. The third-order valence-electron chi connectivity index (χ3n) is 5.11. The van der Waals surface area contributed by atoms with Crippen LogP contribution in [-0.2, 0) is 20.8 Å². The van der Waals surface area contributed by atoms with Gasteiger partial charge in [0.15, 0.2) is 0 Å². The Morgan fingerprint density at radius 2 is 1.89 bits per heavy atom. The molecule has 6 heteroatoms. The minimum atomic E-state index is -0.878. The Hall–Kier alpha value is -2.37. The molecule has 28 heavy (non-hydrogen) atoms. The molecule has 0 bridgehead atoms. The number of carboxylic acids is 1. The number of likely N-dealkylation sites (tertiary alicyclic amines) is 1. The molecule has 2 amide bonds. The molecule has 2 N–H and O–H groups in total. The van der Waals surface area contributed by atoms with Gasteiger partial charge in [-0.1, -0.05) is 44.2 Å². The number of hydrogen-bond acceptors (Lipinski definition) is 3. The van der Waals surface area contributed by atoms with Crippen molar-refractivity contribution in [3.8, 4) is 0 Å². The van der Waals surface area contributed by atoms with Crippen LogP contribution < -0.4 is 5.32 Å². The van der Waals surface area contributed by atoms with Crippen molar-refractivity contribution >= 4 is 17.8 Å². The summed E-state index contributed by atoms with van der Waals surface area (Å²) in [5.74, 6) is -0.734. The highest BCUT2D eigenvalue weighted by atomic mass is 16.4. The average Bonchev–Trinajstić information content (AvgIpc) is 2.65. The van der Waals surface area contributed by atoms with Gasteiger partial charge in [0.05, 0.1) is 0 Å². The molecule has 0 aliphatic carbocycles. The Kier molecular flexibility index (Phi) is 8.48. The molecule has 1 heterocycles. The summed E-state index contributed by atoms with van der Waals surface area (Å²) in [4.78, 5) is 38.3. The zero-order chi connectivity index (χ0) is 20.5. The molecule has 1 aromatic carbocycles. The Bertz CT molecular complexity index is 660. The smallest absolute Gasteiger partial charge is 0.303 e. The predicted molar refractivity (Wildman–Crippen MR) is 108 cm³/mol. The van der Waals surface area contributed by atoms with Gasteiger partial charge in [-0.3, -0.25) is 14.4 Å². The molecule has 1 fully saturated rings. The number of hydrogen-bond donors (Lipinski definition) is 2. The van der Waals surface area contributed by atoms with Crippen LogP contribution in [-0.4, -0.2) is 46.4 Å².